The van der Waals surface area contributed by atoms with E-state index in [0.29, 0.717) is 13.2 Å². The molecule has 0 radical (unpaired) electrons. The zero-order chi connectivity index (χ0) is 20.3. The van der Waals surface area contributed by atoms with E-state index in [4.69, 9.17) is 4.74 Å². The van der Waals surface area contributed by atoms with Crippen LogP contribution < -0.4 is 4.72 Å². The summed E-state index contributed by atoms with van der Waals surface area (Å²) < 4.78 is 34.9. The molecular weight excluding hydrogens is 382 g/mol. The molecule has 1 saturated heterocycles. The normalized spacial score (nSPS) is 18.6. The molecule has 1 heterocycles. The lowest BCUT2D eigenvalue weighted by atomic mass is 9.76. The lowest BCUT2D eigenvalue weighted by Gasteiger charge is -2.36. The summed E-state index contributed by atoms with van der Waals surface area (Å²) in [4.78, 5) is 0.284. The zero-order valence-electron chi connectivity index (χ0n) is 16.4. The Balaban J connectivity index is 1.66. The summed E-state index contributed by atoms with van der Waals surface area (Å²) in [6.45, 7) is 2.83. The van der Waals surface area contributed by atoms with Crippen molar-refractivity contribution in [3.8, 4) is 0 Å². The summed E-state index contributed by atoms with van der Waals surface area (Å²) in [6.07, 6.45) is 0.778. The first kappa shape index (κ1) is 19.8. The first-order valence-electron chi connectivity index (χ1n) is 9.84. The van der Waals surface area contributed by atoms with E-state index in [1.165, 1.54) is 0 Å². The standard InChI is InChI=1S/C24H25NO3S/c1-19-12-14-23(15-13-19)29(26,27)25-18-22-16-17-28-24(22,20-8-4-2-5-9-20)21-10-6-3-7-11-21/h2-15,22,25H,16-18H2,1H3/t22-/m0/s1. The Labute approximate surface area is 172 Å². The van der Waals surface area contributed by atoms with Crippen molar-refractivity contribution >= 4 is 10.0 Å². The fourth-order valence-corrected chi connectivity index (χ4v) is 5.20. The van der Waals surface area contributed by atoms with E-state index in [0.717, 1.165) is 23.1 Å². The minimum absolute atomic E-state index is 0.0208. The molecule has 0 spiro atoms. The van der Waals surface area contributed by atoms with Crippen LogP contribution in [0.3, 0.4) is 0 Å². The lowest BCUT2D eigenvalue weighted by Crippen LogP contribution is -2.41. The van der Waals surface area contributed by atoms with Crippen LogP contribution in [0.5, 0.6) is 0 Å². The van der Waals surface area contributed by atoms with E-state index in [9.17, 15) is 8.42 Å². The summed E-state index contributed by atoms with van der Waals surface area (Å²) in [7, 11) is -3.58. The Bertz CT molecular complexity index is 1010. The van der Waals surface area contributed by atoms with Crippen LogP contribution in [0.25, 0.3) is 0 Å². The van der Waals surface area contributed by atoms with Crippen molar-refractivity contribution < 1.29 is 13.2 Å². The highest BCUT2D eigenvalue weighted by molar-refractivity contribution is 7.89. The SMILES string of the molecule is Cc1ccc(S(=O)(=O)NC[C@@H]2CCOC2(c2ccccc2)c2ccccc2)cc1. The molecule has 0 saturated carbocycles. The van der Waals surface area contributed by atoms with E-state index >= 15 is 0 Å². The van der Waals surface area contributed by atoms with Crippen LogP contribution >= 0.6 is 0 Å². The average molecular weight is 408 g/mol. The van der Waals surface area contributed by atoms with Gasteiger partial charge in [-0.05, 0) is 36.6 Å². The lowest BCUT2D eigenvalue weighted by molar-refractivity contribution is 0.0113. The van der Waals surface area contributed by atoms with Crippen molar-refractivity contribution in [3.05, 3.63) is 102 Å². The molecule has 0 amide bonds. The fraction of sp³-hybridized carbons (Fsp3) is 0.250. The highest BCUT2D eigenvalue weighted by Crippen LogP contribution is 2.46. The number of sulfonamides is 1. The molecule has 5 heteroatoms. The summed E-state index contributed by atoms with van der Waals surface area (Å²) >= 11 is 0. The van der Waals surface area contributed by atoms with E-state index in [-0.39, 0.29) is 10.8 Å². The van der Waals surface area contributed by atoms with Gasteiger partial charge in [0, 0.05) is 19.1 Å². The molecule has 1 aliphatic rings. The molecule has 0 unspecified atom stereocenters. The maximum Gasteiger partial charge on any atom is 0.240 e. The molecule has 0 aromatic heterocycles. The first-order valence-corrected chi connectivity index (χ1v) is 11.3. The maximum absolute atomic E-state index is 12.8. The molecule has 4 rings (SSSR count). The number of aryl methyl sites for hydroxylation is 1. The highest BCUT2D eigenvalue weighted by Gasteiger charge is 2.47. The van der Waals surface area contributed by atoms with Crippen molar-refractivity contribution in [3.63, 3.8) is 0 Å². The van der Waals surface area contributed by atoms with Gasteiger partial charge in [-0.2, -0.15) is 0 Å². The van der Waals surface area contributed by atoms with Crippen molar-refractivity contribution in [2.75, 3.05) is 13.2 Å². The Hall–Kier alpha value is -2.47. The monoisotopic (exact) mass is 407 g/mol. The second-order valence-electron chi connectivity index (χ2n) is 7.47. The van der Waals surface area contributed by atoms with E-state index in [1.807, 2.05) is 55.5 Å². The zero-order valence-corrected chi connectivity index (χ0v) is 17.2. The van der Waals surface area contributed by atoms with Crippen LogP contribution in [0.15, 0.2) is 89.8 Å². The summed E-state index contributed by atoms with van der Waals surface area (Å²) in [5.74, 6) is -0.0208. The van der Waals surface area contributed by atoms with Gasteiger partial charge >= 0.3 is 0 Å². The summed E-state index contributed by atoms with van der Waals surface area (Å²) in [5, 5.41) is 0. The molecule has 0 aliphatic carbocycles. The number of ether oxygens (including phenoxy) is 1. The van der Waals surface area contributed by atoms with Gasteiger partial charge in [-0.3, -0.25) is 0 Å². The van der Waals surface area contributed by atoms with Gasteiger partial charge in [-0.1, -0.05) is 78.4 Å². The predicted octanol–water partition coefficient (Wildman–Crippen LogP) is 4.25. The van der Waals surface area contributed by atoms with Crippen molar-refractivity contribution in [1.82, 2.24) is 4.72 Å². The molecule has 3 aromatic carbocycles. The van der Waals surface area contributed by atoms with Gasteiger partial charge in [0.15, 0.2) is 0 Å². The number of hydrogen-bond acceptors (Lipinski definition) is 3. The number of rotatable bonds is 6. The van der Waals surface area contributed by atoms with E-state index in [1.54, 1.807) is 12.1 Å². The number of benzene rings is 3. The van der Waals surface area contributed by atoms with E-state index in [2.05, 4.69) is 29.0 Å². The van der Waals surface area contributed by atoms with Crippen LogP contribution in [-0.4, -0.2) is 21.6 Å². The predicted molar refractivity (Wildman–Crippen MR) is 114 cm³/mol. The van der Waals surface area contributed by atoms with Gasteiger partial charge in [-0.25, -0.2) is 13.1 Å². The van der Waals surface area contributed by atoms with Gasteiger partial charge in [0.1, 0.15) is 5.60 Å². The van der Waals surface area contributed by atoms with Gasteiger partial charge < -0.3 is 4.74 Å². The summed E-state index contributed by atoms with van der Waals surface area (Å²) in [5.41, 5.74) is 2.45. The van der Waals surface area contributed by atoms with Crippen LogP contribution in [0.1, 0.15) is 23.1 Å². The third-order valence-electron chi connectivity index (χ3n) is 5.63. The third kappa shape index (κ3) is 3.86. The quantitative estimate of drug-likeness (QED) is 0.664. The summed E-state index contributed by atoms with van der Waals surface area (Å²) in [6, 6.07) is 27.1. The van der Waals surface area contributed by atoms with Gasteiger partial charge in [0.2, 0.25) is 10.0 Å². The Morgan fingerprint density at radius 1 is 0.897 bits per heavy atom. The van der Waals surface area contributed by atoms with Crippen LogP contribution in [0, 0.1) is 12.8 Å². The van der Waals surface area contributed by atoms with Crippen LogP contribution in [0.2, 0.25) is 0 Å². The molecule has 1 atom stereocenters. The Morgan fingerprint density at radius 3 is 2.00 bits per heavy atom. The van der Waals surface area contributed by atoms with Crippen molar-refractivity contribution in [2.45, 2.75) is 23.8 Å². The third-order valence-corrected chi connectivity index (χ3v) is 7.07. The highest BCUT2D eigenvalue weighted by atomic mass is 32.2. The molecular formula is C24H25NO3S. The minimum Gasteiger partial charge on any atom is -0.365 e. The largest absolute Gasteiger partial charge is 0.365 e. The topological polar surface area (TPSA) is 55.4 Å². The fourth-order valence-electron chi connectivity index (χ4n) is 4.12. The first-order chi connectivity index (χ1) is 14.0. The van der Waals surface area contributed by atoms with Crippen LogP contribution in [-0.2, 0) is 20.4 Å². The van der Waals surface area contributed by atoms with Crippen LogP contribution in [0.4, 0.5) is 0 Å². The molecule has 0 bridgehead atoms. The van der Waals surface area contributed by atoms with Gasteiger partial charge in [0.25, 0.3) is 0 Å². The Kier molecular flexibility index (Phi) is 5.54. The second kappa shape index (κ2) is 8.11. The number of hydrogen-bond donors (Lipinski definition) is 1. The van der Waals surface area contributed by atoms with Crippen molar-refractivity contribution in [2.24, 2.45) is 5.92 Å². The average Bonchev–Trinajstić information content (AvgIpc) is 3.19. The molecule has 29 heavy (non-hydrogen) atoms. The second-order valence-corrected chi connectivity index (χ2v) is 9.23. The molecule has 1 aliphatic heterocycles. The molecule has 1 fully saturated rings. The van der Waals surface area contributed by atoms with Crippen molar-refractivity contribution in [1.29, 1.82) is 0 Å². The van der Waals surface area contributed by atoms with E-state index < -0.39 is 15.6 Å². The smallest absolute Gasteiger partial charge is 0.240 e. The maximum atomic E-state index is 12.8. The minimum atomic E-state index is -3.58. The Morgan fingerprint density at radius 2 is 1.45 bits per heavy atom. The molecule has 1 N–H and O–H groups in total. The molecule has 150 valence electrons. The molecule has 4 nitrogen and oxygen atoms in total. The molecule has 3 aromatic rings. The van der Waals surface area contributed by atoms with Gasteiger partial charge in [0.05, 0.1) is 4.90 Å². The number of nitrogens with one attached hydrogen (secondary N) is 1. The van der Waals surface area contributed by atoms with Gasteiger partial charge in [-0.15, -0.1) is 0 Å².